The number of carbonyl (C=O) groups is 1. The fourth-order valence-corrected chi connectivity index (χ4v) is 6.54. The second kappa shape index (κ2) is 10.4. The Balaban J connectivity index is 1.60. The molecule has 1 amide bonds. The number of thiophene rings is 1. The molecular formula is C32H24F2N2O4S2. The first-order chi connectivity index (χ1) is 20.0. The van der Waals surface area contributed by atoms with Crippen LogP contribution in [0.4, 0.5) is 14.5 Å². The molecule has 0 spiro atoms. The number of hydrogen-bond donors (Lipinski definition) is 1. The standard InChI is InChI=1S/C32H24F2N2O4S2/c1-35-32(37)30-25-16-24(19-5-4-6-20(13-19)28-14-21-9-12-23(34)15-29(21)41-28)26(36(2)42(3,38)39)17-27(25)40-31(30)18-7-10-22(33)11-8-18/h4-17H,1-3H3,(H,35,37). The summed E-state index contributed by atoms with van der Waals surface area (Å²) in [4.78, 5) is 14.1. The summed E-state index contributed by atoms with van der Waals surface area (Å²) >= 11 is 1.46. The van der Waals surface area contributed by atoms with Crippen molar-refractivity contribution in [2.24, 2.45) is 0 Å². The molecule has 6 rings (SSSR count). The smallest absolute Gasteiger partial charge is 0.255 e. The second-order valence-corrected chi connectivity index (χ2v) is 13.0. The van der Waals surface area contributed by atoms with Gasteiger partial charge in [-0.05, 0) is 71.1 Å². The topological polar surface area (TPSA) is 79.6 Å². The van der Waals surface area contributed by atoms with Crippen molar-refractivity contribution in [2.75, 3.05) is 24.7 Å². The number of carbonyl (C=O) groups excluding carboxylic acids is 1. The number of rotatable bonds is 6. The summed E-state index contributed by atoms with van der Waals surface area (Å²) in [5, 5.41) is 4.03. The Hall–Kier alpha value is -4.54. The van der Waals surface area contributed by atoms with Gasteiger partial charge >= 0.3 is 0 Å². The molecule has 0 aliphatic carbocycles. The molecule has 0 unspecified atom stereocenters. The van der Waals surface area contributed by atoms with Crippen LogP contribution in [0.1, 0.15) is 10.4 Å². The number of amides is 1. The molecule has 4 aromatic carbocycles. The van der Waals surface area contributed by atoms with E-state index in [-0.39, 0.29) is 17.1 Å². The van der Waals surface area contributed by atoms with Crippen molar-refractivity contribution in [3.63, 3.8) is 0 Å². The van der Waals surface area contributed by atoms with Gasteiger partial charge in [0.15, 0.2) is 0 Å². The molecule has 0 saturated carbocycles. The number of halogens is 2. The van der Waals surface area contributed by atoms with Crippen LogP contribution in [0.3, 0.4) is 0 Å². The van der Waals surface area contributed by atoms with Crippen molar-refractivity contribution in [3.05, 3.63) is 102 Å². The molecule has 0 bridgehead atoms. The minimum atomic E-state index is -3.68. The Labute approximate surface area is 244 Å². The summed E-state index contributed by atoms with van der Waals surface area (Å²) in [6.45, 7) is 0. The number of nitrogens with one attached hydrogen (secondary N) is 1. The van der Waals surface area contributed by atoms with Crippen LogP contribution >= 0.6 is 11.3 Å². The molecule has 0 saturated heterocycles. The molecular weight excluding hydrogens is 578 g/mol. The van der Waals surface area contributed by atoms with Crippen LogP contribution in [0.15, 0.2) is 89.3 Å². The van der Waals surface area contributed by atoms with E-state index in [0.717, 1.165) is 31.1 Å². The summed E-state index contributed by atoms with van der Waals surface area (Å²) < 4.78 is 61.0. The van der Waals surface area contributed by atoms with Gasteiger partial charge in [-0.25, -0.2) is 17.2 Å². The molecule has 0 atom stereocenters. The summed E-state index contributed by atoms with van der Waals surface area (Å²) in [7, 11) is -0.728. The average Bonchev–Trinajstić information content (AvgIpc) is 3.56. The van der Waals surface area contributed by atoms with E-state index in [1.165, 1.54) is 61.8 Å². The van der Waals surface area contributed by atoms with Gasteiger partial charge in [-0.3, -0.25) is 9.10 Å². The largest absolute Gasteiger partial charge is 0.455 e. The molecule has 1 N–H and O–H groups in total. The predicted molar refractivity (Wildman–Crippen MR) is 164 cm³/mol. The first-order valence-corrected chi connectivity index (χ1v) is 15.5. The molecule has 42 heavy (non-hydrogen) atoms. The van der Waals surface area contributed by atoms with Crippen LogP contribution in [0, 0.1) is 11.6 Å². The van der Waals surface area contributed by atoms with Gasteiger partial charge in [0.1, 0.15) is 23.0 Å². The van der Waals surface area contributed by atoms with Gasteiger partial charge in [0.05, 0.1) is 17.5 Å². The second-order valence-electron chi connectivity index (χ2n) is 9.86. The number of fused-ring (bicyclic) bond motifs is 2. The summed E-state index contributed by atoms with van der Waals surface area (Å²) in [5.74, 6) is -0.909. The van der Waals surface area contributed by atoms with E-state index in [9.17, 15) is 22.0 Å². The number of furan rings is 1. The molecule has 2 aromatic heterocycles. The molecule has 6 nitrogen and oxygen atoms in total. The van der Waals surface area contributed by atoms with Gasteiger partial charge < -0.3 is 9.73 Å². The number of benzene rings is 4. The lowest BCUT2D eigenvalue weighted by Gasteiger charge is -2.21. The lowest BCUT2D eigenvalue weighted by Crippen LogP contribution is -2.25. The third kappa shape index (κ3) is 4.93. The van der Waals surface area contributed by atoms with Crippen molar-refractivity contribution in [3.8, 4) is 32.9 Å². The highest BCUT2D eigenvalue weighted by atomic mass is 32.2. The highest BCUT2D eigenvalue weighted by molar-refractivity contribution is 7.92. The third-order valence-corrected chi connectivity index (χ3v) is 9.48. The monoisotopic (exact) mass is 602 g/mol. The molecule has 0 fully saturated rings. The Morgan fingerprint density at radius 3 is 2.31 bits per heavy atom. The van der Waals surface area contributed by atoms with Crippen LogP contribution in [0.5, 0.6) is 0 Å². The highest BCUT2D eigenvalue weighted by Crippen LogP contribution is 2.43. The van der Waals surface area contributed by atoms with Crippen LogP contribution in [-0.2, 0) is 10.0 Å². The maximum absolute atomic E-state index is 13.8. The van der Waals surface area contributed by atoms with E-state index in [4.69, 9.17) is 4.42 Å². The van der Waals surface area contributed by atoms with E-state index in [2.05, 4.69) is 5.32 Å². The summed E-state index contributed by atoms with van der Waals surface area (Å²) in [6, 6.07) is 23.2. The van der Waals surface area contributed by atoms with Crippen LogP contribution in [-0.4, -0.2) is 34.7 Å². The maximum atomic E-state index is 13.8. The van der Waals surface area contributed by atoms with Crippen molar-refractivity contribution in [2.45, 2.75) is 0 Å². The van der Waals surface area contributed by atoms with Crippen molar-refractivity contribution >= 4 is 54.0 Å². The zero-order valence-corrected chi connectivity index (χ0v) is 24.4. The average molecular weight is 603 g/mol. The van der Waals surface area contributed by atoms with E-state index < -0.39 is 21.7 Å². The van der Waals surface area contributed by atoms with E-state index >= 15 is 0 Å². The number of hydrogen-bond acceptors (Lipinski definition) is 5. The van der Waals surface area contributed by atoms with Crippen molar-refractivity contribution < 1.29 is 26.4 Å². The molecule has 212 valence electrons. The zero-order valence-electron chi connectivity index (χ0n) is 22.7. The lowest BCUT2D eigenvalue weighted by atomic mass is 9.97. The maximum Gasteiger partial charge on any atom is 0.255 e. The number of sulfonamides is 1. The predicted octanol–water partition coefficient (Wildman–Crippen LogP) is 7.68. The van der Waals surface area contributed by atoms with Gasteiger partial charge in [-0.1, -0.05) is 24.3 Å². The Kier molecular flexibility index (Phi) is 6.83. The zero-order chi connectivity index (χ0) is 29.8. The van der Waals surface area contributed by atoms with Gasteiger partial charge in [0.25, 0.3) is 5.91 Å². The first-order valence-electron chi connectivity index (χ1n) is 12.9. The minimum Gasteiger partial charge on any atom is -0.455 e. The SMILES string of the molecule is CNC(=O)c1c(-c2ccc(F)cc2)oc2cc(N(C)S(C)(=O)=O)c(-c3cccc(-c4cc5ccc(F)cc5s4)c3)cc12. The van der Waals surface area contributed by atoms with E-state index in [0.29, 0.717) is 33.3 Å². The Bertz CT molecular complexity index is 2120. The molecule has 0 radical (unpaired) electrons. The number of anilines is 1. The molecule has 6 aromatic rings. The molecule has 10 heteroatoms. The highest BCUT2D eigenvalue weighted by Gasteiger charge is 2.26. The third-order valence-electron chi connectivity index (χ3n) is 7.14. The Morgan fingerprint density at radius 2 is 1.60 bits per heavy atom. The fraction of sp³-hybridized carbons (Fsp3) is 0.0938. The summed E-state index contributed by atoms with van der Waals surface area (Å²) in [6.07, 6.45) is 1.11. The van der Waals surface area contributed by atoms with Gasteiger partial charge in [-0.15, -0.1) is 11.3 Å². The van der Waals surface area contributed by atoms with E-state index in [1.54, 1.807) is 18.2 Å². The van der Waals surface area contributed by atoms with Crippen LogP contribution < -0.4 is 9.62 Å². The first kappa shape index (κ1) is 27.6. The van der Waals surface area contributed by atoms with Crippen molar-refractivity contribution in [1.29, 1.82) is 0 Å². The normalized spacial score (nSPS) is 11.7. The van der Waals surface area contributed by atoms with E-state index in [1.807, 2.05) is 30.3 Å². The van der Waals surface area contributed by atoms with Crippen LogP contribution in [0.2, 0.25) is 0 Å². The van der Waals surface area contributed by atoms with Gasteiger partial charge in [0.2, 0.25) is 10.0 Å². The molecule has 2 heterocycles. The summed E-state index contributed by atoms with van der Waals surface area (Å²) in [5.41, 5.74) is 3.52. The molecule has 0 aliphatic heterocycles. The number of nitrogens with zero attached hydrogens (tertiary/aromatic N) is 1. The van der Waals surface area contributed by atoms with Crippen molar-refractivity contribution in [1.82, 2.24) is 5.32 Å². The van der Waals surface area contributed by atoms with Gasteiger partial charge in [0, 0.05) is 46.3 Å². The quantitative estimate of drug-likeness (QED) is 0.212. The fourth-order valence-electron chi connectivity index (χ4n) is 4.94. The van der Waals surface area contributed by atoms with Gasteiger partial charge in [-0.2, -0.15) is 0 Å². The Morgan fingerprint density at radius 1 is 0.881 bits per heavy atom. The van der Waals surface area contributed by atoms with Crippen LogP contribution in [0.25, 0.3) is 53.9 Å². The lowest BCUT2D eigenvalue weighted by molar-refractivity contribution is 0.0964. The molecule has 0 aliphatic rings. The minimum absolute atomic E-state index is 0.237.